The minimum Gasteiger partial charge on any atom is -0.385 e. The number of aromatic nitrogens is 1. The topological polar surface area (TPSA) is 37.0 Å². The maximum atomic E-state index is 4.24. The van der Waals surface area contributed by atoms with Gasteiger partial charge in [-0.05, 0) is 47.5 Å². The first kappa shape index (κ1) is 13.4. The quantitative estimate of drug-likeness (QED) is 0.843. The van der Waals surface area contributed by atoms with E-state index in [-0.39, 0.29) is 0 Å². The van der Waals surface area contributed by atoms with Gasteiger partial charge in [-0.1, -0.05) is 0 Å². The van der Waals surface area contributed by atoms with E-state index in [4.69, 9.17) is 0 Å². The summed E-state index contributed by atoms with van der Waals surface area (Å²) in [7, 11) is 0. The van der Waals surface area contributed by atoms with Crippen molar-refractivity contribution < 1.29 is 0 Å². The molecule has 0 unspecified atom stereocenters. The molecule has 0 amide bonds. The highest BCUT2D eigenvalue weighted by atomic mass is 79.9. The summed E-state index contributed by atoms with van der Waals surface area (Å²) in [6, 6.07) is 8.28. The molecule has 0 atom stereocenters. The van der Waals surface area contributed by atoms with Crippen LogP contribution in [0.3, 0.4) is 0 Å². The Bertz CT molecular complexity index is 498. The zero-order chi connectivity index (χ0) is 12.8. The van der Waals surface area contributed by atoms with Gasteiger partial charge in [-0.3, -0.25) is 0 Å². The summed E-state index contributed by atoms with van der Waals surface area (Å²) >= 11 is 5.26. The molecular weight excluding hydrogens is 310 g/mol. The molecule has 0 aliphatic carbocycles. The molecule has 2 N–H and O–H groups in total. The molecule has 2 aromatic rings. The summed E-state index contributed by atoms with van der Waals surface area (Å²) in [5.41, 5.74) is 1.11. The summed E-state index contributed by atoms with van der Waals surface area (Å²) < 4.78 is 1.19. The van der Waals surface area contributed by atoms with Crippen molar-refractivity contribution >= 4 is 38.8 Å². The van der Waals surface area contributed by atoms with Crippen LogP contribution in [0.4, 0.5) is 11.5 Å². The van der Waals surface area contributed by atoms with Crippen LogP contribution in [0.2, 0.25) is 0 Å². The summed E-state index contributed by atoms with van der Waals surface area (Å²) in [6.07, 6.45) is 2.86. The monoisotopic (exact) mass is 325 g/mol. The molecule has 0 spiro atoms. The summed E-state index contributed by atoms with van der Waals surface area (Å²) in [5, 5.41) is 6.62. The van der Waals surface area contributed by atoms with Crippen LogP contribution in [0.15, 0.2) is 34.2 Å². The van der Waals surface area contributed by atoms with Crippen molar-refractivity contribution in [1.29, 1.82) is 0 Å². The van der Waals surface area contributed by atoms with E-state index in [0.717, 1.165) is 31.0 Å². The van der Waals surface area contributed by atoms with E-state index in [9.17, 15) is 0 Å². The van der Waals surface area contributed by atoms with Gasteiger partial charge in [0.05, 0.1) is 3.79 Å². The van der Waals surface area contributed by atoms with Gasteiger partial charge in [0.15, 0.2) is 0 Å². The third-order valence-electron chi connectivity index (χ3n) is 2.45. The third-order valence-corrected chi connectivity index (χ3v) is 4.13. The second kappa shape index (κ2) is 6.75. The van der Waals surface area contributed by atoms with Crippen molar-refractivity contribution in [2.45, 2.75) is 13.3 Å². The normalized spacial score (nSPS) is 10.3. The molecule has 2 heterocycles. The van der Waals surface area contributed by atoms with E-state index < -0.39 is 0 Å². The van der Waals surface area contributed by atoms with Crippen LogP contribution in [-0.2, 0) is 6.42 Å². The van der Waals surface area contributed by atoms with Crippen molar-refractivity contribution in [3.63, 3.8) is 0 Å². The van der Waals surface area contributed by atoms with Crippen LogP contribution in [0.5, 0.6) is 0 Å². The predicted octanol–water partition coefficient (Wildman–Crippen LogP) is 3.99. The van der Waals surface area contributed by atoms with Gasteiger partial charge in [0.2, 0.25) is 0 Å². The van der Waals surface area contributed by atoms with Gasteiger partial charge >= 0.3 is 0 Å². The number of anilines is 2. The number of rotatable bonds is 6. The van der Waals surface area contributed by atoms with Crippen LogP contribution in [0.1, 0.15) is 11.8 Å². The van der Waals surface area contributed by atoms with Gasteiger partial charge in [-0.25, -0.2) is 4.98 Å². The summed E-state index contributed by atoms with van der Waals surface area (Å²) in [4.78, 5) is 5.63. The SMILES string of the molecule is CCNc1cc(NCCc2ccc(Br)s2)ccn1. The second-order valence-electron chi connectivity index (χ2n) is 3.84. The summed E-state index contributed by atoms with van der Waals surface area (Å²) in [6.45, 7) is 3.89. The first-order chi connectivity index (χ1) is 8.78. The Kier molecular flexibility index (Phi) is 5.01. The number of hydrogen-bond donors (Lipinski definition) is 2. The number of nitrogens with one attached hydrogen (secondary N) is 2. The van der Waals surface area contributed by atoms with Crippen LogP contribution >= 0.6 is 27.3 Å². The highest BCUT2D eigenvalue weighted by Crippen LogP contribution is 2.22. The Morgan fingerprint density at radius 1 is 1.28 bits per heavy atom. The molecular formula is C13H16BrN3S. The average Bonchev–Trinajstić information content (AvgIpc) is 2.76. The van der Waals surface area contributed by atoms with Crippen molar-refractivity contribution in [2.24, 2.45) is 0 Å². The average molecular weight is 326 g/mol. The van der Waals surface area contributed by atoms with E-state index >= 15 is 0 Å². The van der Waals surface area contributed by atoms with Crippen molar-refractivity contribution in [3.05, 3.63) is 39.1 Å². The molecule has 0 saturated carbocycles. The van der Waals surface area contributed by atoms with Crippen LogP contribution in [0.25, 0.3) is 0 Å². The Morgan fingerprint density at radius 3 is 2.89 bits per heavy atom. The fourth-order valence-corrected chi connectivity index (χ4v) is 3.12. The maximum absolute atomic E-state index is 4.24. The molecule has 96 valence electrons. The van der Waals surface area contributed by atoms with Gasteiger partial charge in [0.25, 0.3) is 0 Å². The minimum atomic E-state index is 0.889. The molecule has 0 radical (unpaired) electrons. The Balaban J connectivity index is 1.84. The molecule has 18 heavy (non-hydrogen) atoms. The molecule has 0 aliphatic heterocycles. The molecule has 0 fully saturated rings. The second-order valence-corrected chi connectivity index (χ2v) is 6.39. The molecule has 0 aromatic carbocycles. The molecule has 2 aromatic heterocycles. The van der Waals surface area contributed by atoms with E-state index in [1.807, 2.05) is 18.3 Å². The van der Waals surface area contributed by atoms with Crippen LogP contribution in [0, 0.1) is 0 Å². The third kappa shape index (κ3) is 3.99. The number of nitrogens with zero attached hydrogens (tertiary/aromatic N) is 1. The van der Waals surface area contributed by atoms with Gasteiger partial charge in [0.1, 0.15) is 5.82 Å². The zero-order valence-corrected chi connectivity index (χ0v) is 12.6. The number of pyridine rings is 1. The predicted molar refractivity (Wildman–Crippen MR) is 82.6 cm³/mol. The largest absolute Gasteiger partial charge is 0.385 e. The smallest absolute Gasteiger partial charge is 0.127 e. The molecule has 0 bridgehead atoms. The lowest BCUT2D eigenvalue weighted by Gasteiger charge is -2.07. The Labute approximate surface area is 120 Å². The van der Waals surface area contributed by atoms with Gasteiger partial charge in [-0.15, -0.1) is 11.3 Å². The molecule has 0 aliphatic rings. The molecule has 2 rings (SSSR count). The standard InChI is InChI=1S/C13H16BrN3S/c1-2-15-13-9-10(5-7-17-13)16-8-6-11-3-4-12(14)18-11/h3-5,7,9H,2,6,8H2,1H3,(H2,15,16,17). The lowest BCUT2D eigenvalue weighted by atomic mass is 10.3. The van der Waals surface area contributed by atoms with Crippen LogP contribution < -0.4 is 10.6 Å². The molecule has 5 heteroatoms. The molecule has 0 saturated heterocycles. The van der Waals surface area contributed by atoms with E-state index in [0.29, 0.717) is 0 Å². The lowest BCUT2D eigenvalue weighted by molar-refractivity contribution is 1.04. The van der Waals surface area contributed by atoms with Gasteiger partial charge < -0.3 is 10.6 Å². The lowest BCUT2D eigenvalue weighted by Crippen LogP contribution is -2.05. The first-order valence-corrected chi connectivity index (χ1v) is 7.57. The van der Waals surface area contributed by atoms with Gasteiger partial charge in [-0.2, -0.15) is 0 Å². The van der Waals surface area contributed by atoms with Crippen LogP contribution in [-0.4, -0.2) is 18.1 Å². The van der Waals surface area contributed by atoms with Gasteiger partial charge in [0, 0.05) is 35.9 Å². The Morgan fingerprint density at radius 2 is 2.17 bits per heavy atom. The number of hydrogen-bond acceptors (Lipinski definition) is 4. The maximum Gasteiger partial charge on any atom is 0.127 e. The highest BCUT2D eigenvalue weighted by molar-refractivity contribution is 9.11. The summed E-state index contributed by atoms with van der Waals surface area (Å²) in [5.74, 6) is 0.918. The van der Waals surface area contributed by atoms with Crippen molar-refractivity contribution in [1.82, 2.24) is 4.98 Å². The van der Waals surface area contributed by atoms with Crippen molar-refractivity contribution in [2.75, 3.05) is 23.7 Å². The van der Waals surface area contributed by atoms with Crippen molar-refractivity contribution in [3.8, 4) is 0 Å². The van der Waals surface area contributed by atoms with E-state index in [1.54, 1.807) is 11.3 Å². The highest BCUT2D eigenvalue weighted by Gasteiger charge is 1.99. The Hall–Kier alpha value is -1.07. The minimum absolute atomic E-state index is 0.889. The zero-order valence-electron chi connectivity index (χ0n) is 10.2. The number of thiophene rings is 1. The fourth-order valence-electron chi connectivity index (χ4n) is 1.63. The van der Waals surface area contributed by atoms with E-state index in [1.165, 1.54) is 8.66 Å². The van der Waals surface area contributed by atoms with E-state index in [2.05, 4.69) is 50.6 Å². The number of halogens is 1. The first-order valence-electron chi connectivity index (χ1n) is 5.96. The molecule has 3 nitrogen and oxygen atoms in total. The fraction of sp³-hybridized carbons (Fsp3) is 0.308.